The van der Waals surface area contributed by atoms with Crippen LogP contribution in [-0.2, 0) is 19.5 Å². The Morgan fingerprint density at radius 1 is 1.24 bits per heavy atom. The van der Waals surface area contributed by atoms with Gasteiger partial charge >= 0.3 is 0 Å². The lowest BCUT2D eigenvalue weighted by atomic mass is 9.98. The lowest BCUT2D eigenvalue weighted by Gasteiger charge is -2.29. The summed E-state index contributed by atoms with van der Waals surface area (Å²) in [6.07, 6.45) is 2.47. The summed E-state index contributed by atoms with van der Waals surface area (Å²) in [4.78, 5) is 15.3. The highest BCUT2D eigenvalue weighted by Gasteiger charge is 2.57. The van der Waals surface area contributed by atoms with Gasteiger partial charge in [0, 0.05) is 32.3 Å². The van der Waals surface area contributed by atoms with Crippen molar-refractivity contribution in [3.05, 3.63) is 81.9 Å². The van der Waals surface area contributed by atoms with Gasteiger partial charge in [-0.3, -0.25) is 9.69 Å². The molecule has 2 atom stereocenters. The molecule has 1 aliphatic carbocycles. The molecule has 1 unspecified atom stereocenters. The number of hydrogen-bond acceptors (Lipinski definition) is 5. The van der Waals surface area contributed by atoms with E-state index in [1.165, 1.54) is 28.2 Å². The minimum Gasteiger partial charge on any atom is -0.493 e. The molecule has 1 fully saturated rings. The third-order valence-electron chi connectivity index (χ3n) is 6.57. The molecule has 1 saturated carbocycles. The summed E-state index contributed by atoms with van der Waals surface area (Å²) >= 11 is 1.19. The molecule has 3 aromatic rings. The van der Waals surface area contributed by atoms with Gasteiger partial charge in [0.15, 0.2) is 0 Å². The minimum absolute atomic E-state index is 0.0612. The highest BCUT2D eigenvalue weighted by molar-refractivity contribution is 7.08. The van der Waals surface area contributed by atoms with Crippen LogP contribution in [0.1, 0.15) is 51.3 Å². The van der Waals surface area contributed by atoms with Gasteiger partial charge in [0.1, 0.15) is 10.6 Å². The normalized spacial score (nSPS) is 19.8. The number of nitrogens with one attached hydrogen (secondary N) is 1. The average molecular weight is 484 g/mol. The molecule has 34 heavy (non-hydrogen) atoms. The molecular weight excluding hydrogens is 456 g/mol. The van der Waals surface area contributed by atoms with Gasteiger partial charge < -0.3 is 10.1 Å². The van der Waals surface area contributed by atoms with Crippen molar-refractivity contribution in [3.8, 4) is 5.75 Å². The Bertz CT molecular complexity index is 1150. The summed E-state index contributed by atoms with van der Waals surface area (Å²) in [7, 11) is 0. The molecule has 1 aromatic heterocycles. The molecule has 2 aromatic carbocycles. The highest BCUT2D eigenvalue weighted by Crippen LogP contribution is 2.48. The van der Waals surface area contributed by atoms with E-state index in [1.54, 1.807) is 12.3 Å². The van der Waals surface area contributed by atoms with Crippen LogP contribution >= 0.6 is 11.5 Å². The van der Waals surface area contributed by atoms with Gasteiger partial charge in [-0.25, -0.2) is 13.2 Å². The number of carbonyl (C=O) groups is 1. The number of fused-ring (bicyclic) bond motifs is 1. The summed E-state index contributed by atoms with van der Waals surface area (Å²) in [6.45, 7) is 4.68. The number of amides is 1. The van der Waals surface area contributed by atoms with E-state index >= 15 is 0 Å². The molecule has 2 aliphatic rings. The smallest absolute Gasteiger partial charge is 0.263 e. The number of aromatic nitrogens is 1. The number of hydrogen-bond donors (Lipinski definition) is 1. The van der Waals surface area contributed by atoms with Crippen LogP contribution in [0.5, 0.6) is 5.75 Å². The third kappa shape index (κ3) is 5.28. The van der Waals surface area contributed by atoms with Gasteiger partial charge in [-0.15, -0.1) is 0 Å². The largest absolute Gasteiger partial charge is 0.493 e. The van der Waals surface area contributed by atoms with Crippen molar-refractivity contribution in [2.24, 2.45) is 5.92 Å². The highest BCUT2D eigenvalue weighted by atomic mass is 32.1. The lowest BCUT2D eigenvalue weighted by molar-refractivity contribution is 0.0855. The van der Waals surface area contributed by atoms with Crippen LogP contribution in [0, 0.1) is 5.92 Å². The zero-order chi connectivity index (χ0) is 23.7. The zero-order valence-electron chi connectivity index (χ0n) is 19.0. The van der Waals surface area contributed by atoms with Crippen LogP contribution in [0.4, 0.5) is 8.78 Å². The van der Waals surface area contributed by atoms with E-state index in [0.717, 1.165) is 31.6 Å². The van der Waals surface area contributed by atoms with E-state index in [1.807, 2.05) is 19.1 Å². The Balaban J connectivity index is 1.13. The van der Waals surface area contributed by atoms with Crippen molar-refractivity contribution in [2.45, 2.75) is 44.8 Å². The van der Waals surface area contributed by atoms with E-state index in [2.05, 4.69) is 44.9 Å². The summed E-state index contributed by atoms with van der Waals surface area (Å²) in [5, 5.41) is 3.01. The second kappa shape index (κ2) is 9.43. The number of nitrogens with zero attached hydrogens (tertiary/aromatic N) is 2. The van der Waals surface area contributed by atoms with E-state index in [0.29, 0.717) is 10.6 Å². The number of carbonyl (C=O) groups excluding carboxylic acids is 1. The topological polar surface area (TPSA) is 54.5 Å². The monoisotopic (exact) mass is 483 g/mol. The molecule has 0 bridgehead atoms. The van der Waals surface area contributed by atoms with E-state index in [9.17, 15) is 13.6 Å². The lowest BCUT2D eigenvalue weighted by Crippen LogP contribution is -2.30. The molecule has 1 amide bonds. The van der Waals surface area contributed by atoms with Crippen LogP contribution < -0.4 is 10.1 Å². The minimum atomic E-state index is -2.54. The Hall–Kier alpha value is -2.84. The molecule has 2 heterocycles. The Labute approximate surface area is 201 Å². The van der Waals surface area contributed by atoms with Gasteiger partial charge in [0.25, 0.3) is 11.8 Å². The summed E-state index contributed by atoms with van der Waals surface area (Å²) in [6, 6.07) is 15.9. The Morgan fingerprint density at radius 2 is 2.03 bits per heavy atom. The maximum absolute atomic E-state index is 13.1. The first-order chi connectivity index (χ1) is 16.4. The number of alkyl halides is 2. The van der Waals surface area contributed by atoms with Crippen LogP contribution in [0.15, 0.2) is 54.7 Å². The maximum Gasteiger partial charge on any atom is 0.263 e. The molecular formula is C26H27F2N3O2S. The Kier molecular flexibility index (Phi) is 6.36. The van der Waals surface area contributed by atoms with Crippen molar-refractivity contribution in [1.82, 2.24) is 14.6 Å². The second-order valence-electron chi connectivity index (χ2n) is 9.18. The van der Waals surface area contributed by atoms with Gasteiger partial charge in [0.2, 0.25) is 0 Å². The van der Waals surface area contributed by atoms with Crippen LogP contribution in [-0.4, -0.2) is 34.3 Å². The molecule has 1 N–H and O–H groups in total. The number of ether oxygens (including phenoxy) is 1. The first kappa shape index (κ1) is 22.9. The predicted molar refractivity (Wildman–Crippen MR) is 127 cm³/mol. The van der Waals surface area contributed by atoms with Crippen LogP contribution in [0.3, 0.4) is 0 Å². The summed E-state index contributed by atoms with van der Waals surface area (Å²) in [5.74, 6) is -2.60. The van der Waals surface area contributed by atoms with Crippen LogP contribution in [0.2, 0.25) is 0 Å². The van der Waals surface area contributed by atoms with Gasteiger partial charge in [-0.1, -0.05) is 30.3 Å². The molecule has 1 aliphatic heterocycles. The first-order valence-electron chi connectivity index (χ1n) is 11.5. The fourth-order valence-corrected chi connectivity index (χ4v) is 4.81. The number of halogens is 2. The predicted octanol–water partition coefficient (Wildman–Crippen LogP) is 5.23. The molecule has 0 radical (unpaired) electrons. The standard InChI is InChI=1S/C26H27F2N3O2S/c1-17(30-25(32)24-8-10-29-34-24)19-4-2-18(3-5-19)14-31-11-9-20-12-23(7-6-21(20)15-31)33-16-22-13-26(22,27)28/h2-8,10,12,17,22H,9,11,13-16H2,1H3,(H,30,32)/t17-,22?/m0/s1. The van der Waals surface area contributed by atoms with Crippen molar-refractivity contribution < 1.29 is 18.3 Å². The quantitative estimate of drug-likeness (QED) is 0.477. The van der Waals surface area contributed by atoms with Crippen molar-refractivity contribution in [3.63, 3.8) is 0 Å². The van der Waals surface area contributed by atoms with Crippen molar-refractivity contribution in [2.75, 3.05) is 13.2 Å². The van der Waals surface area contributed by atoms with E-state index in [-0.39, 0.29) is 25.0 Å². The molecule has 5 nitrogen and oxygen atoms in total. The molecule has 178 valence electrons. The van der Waals surface area contributed by atoms with Crippen molar-refractivity contribution >= 4 is 17.4 Å². The fraction of sp³-hybridized carbons (Fsp3) is 0.385. The summed E-state index contributed by atoms with van der Waals surface area (Å²) in [5.41, 5.74) is 4.77. The van der Waals surface area contributed by atoms with Crippen molar-refractivity contribution in [1.29, 1.82) is 0 Å². The molecule has 5 rings (SSSR count). The van der Waals surface area contributed by atoms with Gasteiger partial charge in [-0.05, 0) is 65.3 Å². The molecule has 0 saturated heterocycles. The molecule has 8 heteroatoms. The zero-order valence-corrected chi connectivity index (χ0v) is 19.8. The third-order valence-corrected chi connectivity index (χ3v) is 7.32. The average Bonchev–Trinajstić information content (AvgIpc) is 3.19. The molecule has 0 spiro atoms. The Morgan fingerprint density at radius 3 is 2.74 bits per heavy atom. The number of benzene rings is 2. The van der Waals surface area contributed by atoms with E-state index in [4.69, 9.17) is 4.74 Å². The maximum atomic E-state index is 13.1. The number of rotatable bonds is 8. The van der Waals surface area contributed by atoms with Gasteiger partial charge in [-0.2, -0.15) is 0 Å². The van der Waals surface area contributed by atoms with Gasteiger partial charge in [0.05, 0.1) is 18.6 Å². The first-order valence-corrected chi connectivity index (χ1v) is 12.3. The fourth-order valence-electron chi connectivity index (χ4n) is 4.31. The van der Waals surface area contributed by atoms with Crippen LogP contribution in [0.25, 0.3) is 0 Å². The second-order valence-corrected chi connectivity index (χ2v) is 10.0. The SMILES string of the molecule is C[C@H](NC(=O)c1ccns1)c1ccc(CN2CCc3cc(OCC4CC4(F)F)ccc3C2)cc1. The van der Waals surface area contributed by atoms with E-state index < -0.39 is 11.8 Å². The summed E-state index contributed by atoms with van der Waals surface area (Å²) < 4.78 is 35.7.